The summed E-state index contributed by atoms with van der Waals surface area (Å²) in [5.74, 6) is 0.970. The van der Waals surface area contributed by atoms with Crippen molar-refractivity contribution in [2.45, 2.75) is 6.42 Å². The van der Waals surface area contributed by atoms with E-state index in [4.69, 9.17) is 4.74 Å². The van der Waals surface area contributed by atoms with Gasteiger partial charge in [-0.15, -0.1) is 0 Å². The van der Waals surface area contributed by atoms with Crippen LogP contribution < -0.4 is 9.64 Å². The summed E-state index contributed by atoms with van der Waals surface area (Å²) in [6.45, 7) is 6.36. The van der Waals surface area contributed by atoms with Gasteiger partial charge in [0.1, 0.15) is 5.75 Å². The molecule has 0 atom stereocenters. The van der Waals surface area contributed by atoms with Crippen LogP contribution in [-0.2, 0) is 0 Å². The van der Waals surface area contributed by atoms with Gasteiger partial charge in [-0.2, -0.15) is 0 Å². The molecule has 1 heterocycles. The third-order valence-corrected chi connectivity index (χ3v) is 5.10. The summed E-state index contributed by atoms with van der Waals surface area (Å²) in [6, 6.07) is 25.5. The minimum atomic E-state index is 0.775. The molecule has 0 saturated carbocycles. The Bertz CT molecular complexity index is 826. The van der Waals surface area contributed by atoms with E-state index < -0.39 is 0 Å². The van der Waals surface area contributed by atoms with Gasteiger partial charge in [0, 0.05) is 38.4 Å². The largest absolute Gasteiger partial charge is 0.494 e. The lowest BCUT2D eigenvalue weighted by molar-refractivity contribution is 0.225. The molecule has 26 heavy (non-hydrogen) atoms. The molecule has 1 aliphatic heterocycles. The molecule has 0 bridgehead atoms. The maximum atomic E-state index is 5.96. The number of fused-ring (bicyclic) bond motifs is 1. The molecule has 0 spiro atoms. The van der Waals surface area contributed by atoms with Gasteiger partial charge in [0.05, 0.1) is 6.61 Å². The second kappa shape index (κ2) is 8.24. The maximum absolute atomic E-state index is 5.96. The van der Waals surface area contributed by atoms with Gasteiger partial charge in [-0.25, -0.2) is 0 Å². The van der Waals surface area contributed by atoms with E-state index in [2.05, 4.69) is 82.6 Å². The Kier molecular flexibility index (Phi) is 5.36. The van der Waals surface area contributed by atoms with E-state index in [9.17, 15) is 0 Å². The highest BCUT2D eigenvalue weighted by molar-refractivity contribution is 5.83. The number of hydrogen-bond donors (Lipinski definition) is 0. The molecule has 3 aromatic rings. The van der Waals surface area contributed by atoms with Crippen LogP contribution in [0.1, 0.15) is 6.42 Å². The summed E-state index contributed by atoms with van der Waals surface area (Å²) in [5.41, 5.74) is 1.34. The van der Waals surface area contributed by atoms with Crippen LogP contribution in [0, 0.1) is 0 Å². The van der Waals surface area contributed by atoms with Crippen LogP contribution in [0.2, 0.25) is 0 Å². The second-order valence-electron chi connectivity index (χ2n) is 6.88. The number of nitrogens with zero attached hydrogens (tertiary/aromatic N) is 2. The Labute approximate surface area is 155 Å². The Morgan fingerprint density at radius 3 is 2.27 bits per heavy atom. The molecule has 3 aromatic carbocycles. The average molecular weight is 346 g/mol. The fourth-order valence-electron chi connectivity index (χ4n) is 3.60. The summed E-state index contributed by atoms with van der Waals surface area (Å²) in [7, 11) is 0. The van der Waals surface area contributed by atoms with Gasteiger partial charge in [0.2, 0.25) is 0 Å². The van der Waals surface area contributed by atoms with Crippen molar-refractivity contribution in [1.82, 2.24) is 4.90 Å². The standard InChI is InChI=1S/C23H26N2O/c1-2-9-22(10-3-1)25-16-14-24(15-17-25)13-6-18-26-23-12-11-20-7-4-5-8-21(20)19-23/h1-5,7-12,19H,6,13-18H2. The maximum Gasteiger partial charge on any atom is 0.119 e. The number of para-hydroxylation sites is 1. The fraction of sp³-hybridized carbons (Fsp3) is 0.304. The second-order valence-corrected chi connectivity index (χ2v) is 6.88. The number of benzene rings is 3. The predicted octanol–water partition coefficient (Wildman–Crippen LogP) is 4.43. The zero-order chi connectivity index (χ0) is 17.6. The minimum Gasteiger partial charge on any atom is -0.494 e. The molecule has 134 valence electrons. The summed E-state index contributed by atoms with van der Waals surface area (Å²) < 4.78 is 5.96. The monoisotopic (exact) mass is 346 g/mol. The molecule has 1 fully saturated rings. The highest BCUT2D eigenvalue weighted by Gasteiger charge is 2.16. The average Bonchev–Trinajstić information content (AvgIpc) is 2.72. The normalized spacial score (nSPS) is 15.3. The highest BCUT2D eigenvalue weighted by atomic mass is 16.5. The molecule has 0 amide bonds. The lowest BCUT2D eigenvalue weighted by Crippen LogP contribution is -2.46. The van der Waals surface area contributed by atoms with Crippen molar-refractivity contribution in [1.29, 1.82) is 0 Å². The quantitative estimate of drug-likeness (QED) is 0.614. The van der Waals surface area contributed by atoms with Gasteiger partial charge < -0.3 is 9.64 Å². The Hall–Kier alpha value is -2.52. The molecule has 0 aliphatic carbocycles. The lowest BCUT2D eigenvalue weighted by atomic mass is 10.1. The van der Waals surface area contributed by atoms with Crippen LogP contribution in [0.4, 0.5) is 5.69 Å². The first-order chi connectivity index (χ1) is 12.9. The first-order valence-corrected chi connectivity index (χ1v) is 9.52. The third kappa shape index (κ3) is 4.17. The SMILES string of the molecule is c1ccc(N2CCN(CCCOc3ccc4ccccc4c3)CC2)cc1. The summed E-state index contributed by atoms with van der Waals surface area (Å²) in [6.07, 6.45) is 1.07. The molecule has 0 N–H and O–H groups in total. The van der Waals surface area contributed by atoms with Gasteiger partial charge in [-0.3, -0.25) is 4.90 Å². The molecule has 3 heteroatoms. The van der Waals surface area contributed by atoms with Crippen molar-refractivity contribution in [2.75, 3.05) is 44.2 Å². The topological polar surface area (TPSA) is 15.7 Å². The first-order valence-electron chi connectivity index (χ1n) is 9.52. The summed E-state index contributed by atoms with van der Waals surface area (Å²) in [5, 5.41) is 2.50. The van der Waals surface area contributed by atoms with E-state index in [0.29, 0.717) is 0 Å². The fourth-order valence-corrected chi connectivity index (χ4v) is 3.60. The summed E-state index contributed by atoms with van der Waals surface area (Å²) >= 11 is 0. The zero-order valence-electron chi connectivity index (χ0n) is 15.2. The number of ether oxygens (including phenoxy) is 1. The highest BCUT2D eigenvalue weighted by Crippen LogP contribution is 2.21. The van der Waals surface area contributed by atoms with E-state index in [0.717, 1.165) is 51.5 Å². The van der Waals surface area contributed by atoms with Crippen LogP contribution in [0.5, 0.6) is 5.75 Å². The number of rotatable bonds is 6. The molecule has 0 radical (unpaired) electrons. The van der Waals surface area contributed by atoms with Crippen molar-refractivity contribution < 1.29 is 4.74 Å². The molecule has 0 unspecified atom stereocenters. The first kappa shape index (κ1) is 16.9. The van der Waals surface area contributed by atoms with Crippen molar-refractivity contribution in [3.05, 3.63) is 72.8 Å². The Balaban J connectivity index is 1.19. The van der Waals surface area contributed by atoms with Crippen molar-refractivity contribution in [3.63, 3.8) is 0 Å². The summed E-state index contributed by atoms with van der Waals surface area (Å²) in [4.78, 5) is 5.02. The van der Waals surface area contributed by atoms with Gasteiger partial charge in [0.15, 0.2) is 0 Å². The molecular formula is C23H26N2O. The van der Waals surface area contributed by atoms with Gasteiger partial charge in [0.25, 0.3) is 0 Å². The lowest BCUT2D eigenvalue weighted by Gasteiger charge is -2.36. The van der Waals surface area contributed by atoms with E-state index >= 15 is 0 Å². The molecule has 1 saturated heterocycles. The van der Waals surface area contributed by atoms with E-state index in [1.165, 1.54) is 16.5 Å². The molecule has 1 aliphatic rings. The van der Waals surface area contributed by atoms with Crippen molar-refractivity contribution >= 4 is 16.5 Å². The molecule has 0 aromatic heterocycles. The van der Waals surface area contributed by atoms with Crippen LogP contribution in [0.3, 0.4) is 0 Å². The van der Waals surface area contributed by atoms with Crippen LogP contribution in [-0.4, -0.2) is 44.2 Å². The molecule has 3 nitrogen and oxygen atoms in total. The number of hydrogen-bond acceptors (Lipinski definition) is 3. The predicted molar refractivity (Wildman–Crippen MR) is 109 cm³/mol. The van der Waals surface area contributed by atoms with E-state index in [-0.39, 0.29) is 0 Å². The minimum absolute atomic E-state index is 0.775. The third-order valence-electron chi connectivity index (χ3n) is 5.10. The van der Waals surface area contributed by atoms with Crippen molar-refractivity contribution in [2.24, 2.45) is 0 Å². The number of piperazine rings is 1. The van der Waals surface area contributed by atoms with Gasteiger partial charge in [-0.05, 0) is 41.5 Å². The van der Waals surface area contributed by atoms with Crippen LogP contribution in [0.25, 0.3) is 10.8 Å². The van der Waals surface area contributed by atoms with Gasteiger partial charge >= 0.3 is 0 Å². The molecular weight excluding hydrogens is 320 g/mol. The molecule has 4 rings (SSSR count). The van der Waals surface area contributed by atoms with E-state index in [1.807, 2.05) is 0 Å². The smallest absolute Gasteiger partial charge is 0.119 e. The van der Waals surface area contributed by atoms with Crippen LogP contribution in [0.15, 0.2) is 72.8 Å². The van der Waals surface area contributed by atoms with E-state index in [1.54, 1.807) is 0 Å². The Morgan fingerprint density at radius 1 is 0.731 bits per heavy atom. The van der Waals surface area contributed by atoms with Gasteiger partial charge in [-0.1, -0.05) is 48.5 Å². The van der Waals surface area contributed by atoms with Crippen molar-refractivity contribution in [3.8, 4) is 5.75 Å². The Morgan fingerprint density at radius 2 is 1.46 bits per heavy atom. The number of anilines is 1. The van der Waals surface area contributed by atoms with Crippen LogP contribution >= 0.6 is 0 Å². The zero-order valence-corrected chi connectivity index (χ0v) is 15.2.